The average Bonchev–Trinajstić information content (AvgIpc) is 3.76. The number of rotatable bonds is 5. The highest BCUT2D eigenvalue weighted by Gasteiger charge is 2.25. The van der Waals surface area contributed by atoms with Crippen molar-refractivity contribution in [2.24, 2.45) is 0 Å². The van der Waals surface area contributed by atoms with Crippen LogP contribution in [0.25, 0.3) is 82.1 Å². The predicted octanol–water partition coefficient (Wildman–Crippen LogP) is 14.1. The lowest BCUT2D eigenvalue weighted by Crippen LogP contribution is -2.14. The number of hydrogen-bond acceptors (Lipinski definition) is 2. The first-order valence-electron chi connectivity index (χ1n) is 18.1. The summed E-state index contributed by atoms with van der Waals surface area (Å²) in [7, 11) is 0. The molecule has 0 N–H and O–H groups in total. The van der Waals surface area contributed by atoms with Gasteiger partial charge in [0.25, 0.3) is 0 Å². The number of benzene rings is 9. The Morgan fingerprint density at radius 3 is 1.68 bits per heavy atom. The van der Waals surface area contributed by atoms with Crippen LogP contribution in [-0.4, -0.2) is 4.57 Å². The number of fused-ring (bicyclic) bond motifs is 8. The number of furan rings is 1. The van der Waals surface area contributed by atoms with Crippen LogP contribution in [0.2, 0.25) is 0 Å². The molecule has 0 amide bonds. The van der Waals surface area contributed by atoms with Gasteiger partial charge in [-0.15, -0.1) is 0 Å². The Bertz CT molecular complexity index is 3140. The molecule has 2 heterocycles. The minimum atomic E-state index is 0.888. The van der Waals surface area contributed by atoms with Gasteiger partial charge < -0.3 is 13.9 Å². The zero-order valence-corrected chi connectivity index (χ0v) is 28.8. The Morgan fingerprint density at radius 2 is 0.887 bits per heavy atom. The second-order valence-corrected chi connectivity index (χ2v) is 13.7. The van der Waals surface area contributed by atoms with E-state index in [1.54, 1.807) is 0 Å². The Hall–Kier alpha value is -7.10. The molecule has 11 aromatic rings. The summed E-state index contributed by atoms with van der Waals surface area (Å²) in [5.41, 5.74) is 10.6. The van der Waals surface area contributed by atoms with Crippen molar-refractivity contribution in [3.63, 3.8) is 0 Å². The van der Waals surface area contributed by atoms with E-state index in [2.05, 4.69) is 204 Å². The first-order valence-corrected chi connectivity index (χ1v) is 18.1. The van der Waals surface area contributed by atoms with Gasteiger partial charge in [-0.3, -0.25) is 0 Å². The van der Waals surface area contributed by atoms with Gasteiger partial charge in [0.05, 0.1) is 33.8 Å². The third-order valence-electron chi connectivity index (χ3n) is 10.8. The zero-order valence-electron chi connectivity index (χ0n) is 28.8. The van der Waals surface area contributed by atoms with Crippen LogP contribution in [0.1, 0.15) is 0 Å². The lowest BCUT2D eigenvalue weighted by Gasteiger charge is -2.31. The third kappa shape index (κ3) is 4.54. The molecule has 0 aliphatic carbocycles. The van der Waals surface area contributed by atoms with E-state index in [1.165, 1.54) is 43.4 Å². The SMILES string of the molecule is c1ccc(N(c2ccccc2-n2c3ccccc3c3ccccc32)c2cccc3ccccc23)c(-c2cccc3c2oc2cc4ccccc4cc23)c1. The van der Waals surface area contributed by atoms with Crippen molar-refractivity contribution in [1.29, 1.82) is 0 Å². The lowest BCUT2D eigenvalue weighted by atomic mass is 9.98. The maximum absolute atomic E-state index is 6.82. The first-order chi connectivity index (χ1) is 26.3. The van der Waals surface area contributed by atoms with E-state index < -0.39 is 0 Å². The molecule has 0 aliphatic heterocycles. The second kappa shape index (κ2) is 11.7. The molecule has 0 bridgehead atoms. The highest BCUT2D eigenvalue weighted by atomic mass is 16.3. The number of para-hydroxylation sites is 6. The number of anilines is 3. The molecule has 3 heteroatoms. The fourth-order valence-electron chi connectivity index (χ4n) is 8.41. The summed E-state index contributed by atoms with van der Waals surface area (Å²) in [5, 5.41) is 9.45. The van der Waals surface area contributed by atoms with Gasteiger partial charge >= 0.3 is 0 Å². The molecule has 0 radical (unpaired) electrons. The maximum Gasteiger partial charge on any atom is 0.143 e. The quantitative estimate of drug-likeness (QED) is 0.181. The molecular weight excluding hydrogens is 645 g/mol. The molecule has 53 heavy (non-hydrogen) atoms. The summed E-state index contributed by atoms with van der Waals surface area (Å²) in [5.74, 6) is 0. The number of aromatic nitrogens is 1. The van der Waals surface area contributed by atoms with Crippen molar-refractivity contribution >= 4 is 82.4 Å². The van der Waals surface area contributed by atoms with Crippen molar-refractivity contribution in [3.8, 4) is 16.8 Å². The molecule has 0 spiro atoms. The molecule has 0 saturated heterocycles. The van der Waals surface area contributed by atoms with E-state index >= 15 is 0 Å². The molecule has 2 aromatic heterocycles. The summed E-state index contributed by atoms with van der Waals surface area (Å²) < 4.78 is 9.24. The molecule has 3 nitrogen and oxygen atoms in total. The van der Waals surface area contributed by atoms with Gasteiger partial charge in [0, 0.05) is 38.1 Å². The van der Waals surface area contributed by atoms with Gasteiger partial charge in [-0.1, -0.05) is 146 Å². The van der Waals surface area contributed by atoms with Crippen LogP contribution in [0.3, 0.4) is 0 Å². The topological polar surface area (TPSA) is 21.3 Å². The monoisotopic (exact) mass is 676 g/mol. The van der Waals surface area contributed by atoms with Crippen molar-refractivity contribution in [2.75, 3.05) is 4.90 Å². The molecular formula is C50H32N2O. The summed E-state index contributed by atoms with van der Waals surface area (Å²) in [6.07, 6.45) is 0. The molecule has 248 valence electrons. The van der Waals surface area contributed by atoms with Gasteiger partial charge in [0.15, 0.2) is 0 Å². The van der Waals surface area contributed by atoms with E-state index in [9.17, 15) is 0 Å². The molecule has 0 aliphatic rings. The van der Waals surface area contributed by atoms with Crippen LogP contribution in [0.15, 0.2) is 199 Å². The van der Waals surface area contributed by atoms with Crippen LogP contribution in [0.4, 0.5) is 17.1 Å². The normalized spacial score (nSPS) is 11.8. The molecule has 0 atom stereocenters. The first kappa shape index (κ1) is 29.6. The highest BCUT2D eigenvalue weighted by molar-refractivity contribution is 6.15. The molecule has 9 aromatic carbocycles. The highest BCUT2D eigenvalue weighted by Crippen LogP contribution is 2.48. The van der Waals surface area contributed by atoms with E-state index in [0.29, 0.717) is 0 Å². The average molecular weight is 677 g/mol. The predicted molar refractivity (Wildman–Crippen MR) is 223 cm³/mol. The third-order valence-corrected chi connectivity index (χ3v) is 10.8. The molecule has 0 unspecified atom stereocenters. The fraction of sp³-hybridized carbons (Fsp3) is 0. The number of hydrogen-bond donors (Lipinski definition) is 0. The van der Waals surface area contributed by atoms with E-state index in [0.717, 1.165) is 55.8 Å². The Labute approximate surface area is 306 Å². The Balaban J connectivity index is 1.22. The van der Waals surface area contributed by atoms with E-state index in [4.69, 9.17) is 4.42 Å². The Kier molecular flexibility index (Phi) is 6.55. The summed E-state index contributed by atoms with van der Waals surface area (Å²) >= 11 is 0. The summed E-state index contributed by atoms with van der Waals surface area (Å²) in [4.78, 5) is 2.45. The van der Waals surface area contributed by atoms with Crippen LogP contribution >= 0.6 is 0 Å². The second-order valence-electron chi connectivity index (χ2n) is 13.7. The van der Waals surface area contributed by atoms with E-state index in [-0.39, 0.29) is 0 Å². The van der Waals surface area contributed by atoms with Crippen molar-refractivity contribution in [2.45, 2.75) is 0 Å². The van der Waals surface area contributed by atoms with Gasteiger partial charge in [-0.05, 0) is 64.7 Å². The minimum Gasteiger partial charge on any atom is -0.455 e. The maximum atomic E-state index is 6.82. The number of nitrogens with zero attached hydrogens (tertiary/aromatic N) is 2. The van der Waals surface area contributed by atoms with Crippen LogP contribution < -0.4 is 4.90 Å². The lowest BCUT2D eigenvalue weighted by molar-refractivity contribution is 0.670. The van der Waals surface area contributed by atoms with Gasteiger partial charge in [-0.2, -0.15) is 0 Å². The van der Waals surface area contributed by atoms with Crippen LogP contribution in [0, 0.1) is 0 Å². The minimum absolute atomic E-state index is 0.888. The van der Waals surface area contributed by atoms with Gasteiger partial charge in [0.1, 0.15) is 11.2 Å². The molecule has 11 rings (SSSR count). The van der Waals surface area contributed by atoms with Gasteiger partial charge in [-0.25, -0.2) is 0 Å². The van der Waals surface area contributed by atoms with Crippen molar-refractivity contribution < 1.29 is 4.42 Å². The van der Waals surface area contributed by atoms with Crippen molar-refractivity contribution in [1.82, 2.24) is 4.57 Å². The van der Waals surface area contributed by atoms with Crippen LogP contribution in [0.5, 0.6) is 0 Å². The summed E-state index contributed by atoms with van der Waals surface area (Å²) in [6.45, 7) is 0. The zero-order chi connectivity index (χ0) is 34.9. The molecule has 0 saturated carbocycles. The largest absolute Gasteiger partial charge is 0.455 e. The fourth-order valence-corrected chi connectivity index (χ4v) is 8.41. The Morgan fingerprint density at radius 1 is 0.358 bits per heavy atom. The van der Waals surface area contributed by atoms with Crippen molar-refractivity contribution in [3.05, 3.63) is 194 Å². The van der Waals surface area contributed by atoms with Gasteiger partial charge in [0.2, 0.25) is 0 Å². The standard InChI is InChI=1S/C50H32N2O/c1-2-17-35-32-49-42(31-34(35)16-1)41-24-14-23-40(50(41)53-49)39-22-7-10-27-46(39)51(43-30-13-18-33-15-3-4-19-36(33)43)47-28-11-12-29-48(47)52-44-25-8-5-20-37(44)38-21-6-9-26-45(38)52/h1-32H. The summed E-state index contributed by atoms with van der Waals surface area (Å²) in [6, 6.07) is 69.7. The van der Waals surface area contributed by atoms with E-state index in [1.807, 2.05) is 0 Å². The smallest absolute Gasteiger partial charge is 0.143 e. The van der Waals surface area contributed by atoms with Crippen LogP contribution in [-0.2, 0) is 0 Å². The molecule has 0 fully saturated rings.